The third kappa shape index (κ3) is 3.46. The number of halogens is 1. The van der Waals surface area contributed by atoms with Gasteiger partial charge in [0, 0.05) is 5.02 Å². The number of hydrogen-bond acceptors (Lipinski definition) is 3. The van der Waals surface area contributed by atoms with E-state index in [1.165, 1.54) is 6.26 Å². The van der Waals surface area contributed by atoms with Gasteiger partial charge in [0.05, 0.1) is 29.9 Å². The molecule has 0 aliphatic heterocycles. The summed E-state index contributed by atoms with van der Waals surface area (Å²) >= 11 is 6.36. The zero-order valence-corrected chi connectivity index (χ0v) is 15.5. The van der Waals surface area contributed by atoms with Crippen LogP contribution in [0.3, 0.4) is 0 Å². The highest BCUT2D eigenvalue weighted by Gasteiger charge is 2.20. The summed E-state index contributed by atoms with van der Waals surface area (Å²) in [6.07, 6.45) is 1.48. The third-order valence-electron chi connectivity index (χ3n) is 4.45. The second-order valence-electron chi connectivity index (χ2n) is 6.31. The first-order chi connectivity index (χ1) is 13.1. The number of rotatable bonds is 5. The molecule has 136 valence electrons. The highest BCUT2D eigenvalue weighted by molar-refractivity contribution is 6.31. The van der Waals surface area contributed by atoms with Crippen LogP contribution in [0.5, 0.6) is 0 Å². The molecule has 0 aliphatic rings. The van der Waals surface area contributed by atoms with E-state index in [1.807, 2.05) is 55.5 Å². The molecule has 2 aromatic carbocycles. The van der Waals surface area contributed by atoms with Gasteiger partial charge in [-0.15, -0.1) is 0 Å². The maximum absolute atomic E-state index is 12.4. The molecule has 0 fully saturated rings. The predicted molar refractivity (Wildman–Crippen MR) is 105 cm³/mol. The van der Waals surface area contributed by atoms with Crippen LogP contribution in [-0.4, -0.2) is 15.5 Å². The summed E-state index contributed by atoms with van der Waals surface area (Å²) in [6.45, 7) is 2.47. The minimum atomic E-state index is -0.308. The minimum Gasteiger partial charge on any atom is -0.459 e. The molecule has 6 heteroatoms. The summed E-state index contributed by atoms with van der Waals surface area (Å²) in [6, 6.07) is 18.7. The Balaban J connectivity index is 1.71. The molecule has 1 atom stereocenters. The lowest BCUT2D eigenvalue weighted by Crippen LogP contribution is -2.28. The van der Waals surface area contributed by atoms with Crippen LogP contribution in [-0.2, 0) is 6.54 Å². The maximum atomic E-state index is 12.4. The van der Waals surface area contributed by atoms with Gasteiger partial charge < -0.3 is 14.3 Å². The van der Waals surface area contributed by atoms with Gasteiger partial charge in [0.25, 0.3) is 5.91 Å². The zero-order chi connectivity index (χ0) is 18.8. The van der Waals surface area contributed by atoms with Gasteiger partial charge in [0.2, 0.25) is 0 Å². The smallest absolute Gasteiger partial charge is 0.287 e. The number of aromatic nitrogens is 2. The van der Waals surface area contributed by atoms with Crippen molar-refractivity contribution in [3.63, 3.8) is 0 Å². The monoisotopic (exact) mass is 379 g/mol. The van der Waals surface area contributed by atoms with Crippen LogP contribution in [0.4, 0.5) is 0 Å². The zero-order valence-electron chi connectivity index (χ0n) is 14.7. The summed E-state index contributed by atoms with van der Waals surface area (Å²) in [5.41, 5.74) is 2.86. The molecule has 5 nitrogen and oxygen atoms in total. The van der Waals surface area contributed by atoms with Crippen LogP contribution in [0.25, 0.3) is 11.0 Å². The third-order valence-corrected chi connectivity index (χ3v) is 4.82. The molecular weight excluding hydrogens is 362 g/mol. The Morgan fingerprint density at radius 2 is 1.93 bits per heavy atom. The number of imidazole rings is 1. The molecule has 1 unspecified atom stereocenters. The Morgan fingerprint density at radius 1 is 1.15 bits per heavy atom. The fraction of sp³-hybridized carbons (Fsp3) is 0.143. The van der Waals surface area contributed by atoms with Gasteiger partial charge >= 0.3 is 0 Å². The van der Waals surface area contributed by atoms with E-state index in [-0.39, 0.29) is 17.7 Å². The average Bonchev–Trinajstić information content (AvgIpc) is 3.32. The Labute approximate surface area is 161 Å². The number of carbonyl (C=O) groups is 1. The van der Waals surface area contributed by atoms with Crippen molar-refractivity contribution in [2.75, 3.05) is 0 Å². The van der Waals surface area contributed by atoms with E-state index in [4.69, 9.17) is 21.0 Å². The van der Waals surface area contributed by atoms with Gasteiger partial charge in [-0.25, -0.2) is 4.98 Å². The Morgan fingerprint density at radius 3 is 2.70 bits per heavy atom. The Bertz CT molecular complexity index is 1090. The topological polar surface area (TPSA) is 60.1 Å². The highest BCUT2D eigenvalue weighted by Crippen LogP contribution is 2.25. The summed E-state index contributed by atoms with van der Waals surface area (Å²) in [4.78, 5) is 17.1. The van der Waals surface area contributed by atoms with Crippen LogP contribution in [0.15, 0.2) is 71.3 Å². The van der Waals surface area contributed by atoms with Crippen molar-refractivity contribution in [1.29, 1.82) is 0 Å². The second-order valence-corrected chi connectivity index (χ2v) is 6.72. The highest BCUT2D eigenvalue weighted by atomic mass is 35.5. The van der Waals surface area contributed by atoms with Crippen molar-refractivity contribution >= 4 is 28.5 Å². The lowest BCUT2D eigenvalue weighted by Gasteiger charge is -2.16. The van der Waals surface area contributed by atoms with Crippen molar-refractivity contribution in [1.82, 2.24) is 14.9 Å². The number of fused-ring (bicyclic) bond motifs is 1. The molecule has 27 heavy (non-hydrogen) atoms. The summed E-state index contributed by atoms with van der Waals surface area (Å²) in [5.74, 6) is 0.760. The summed E-state index contributed by atoms with van der Waals surface area (Å²) in [7, 11) is 0. The summed E-state index contributed by atoms with van der Waals surface area (Å²) < 4.78 is 7.26. The van der Waals surface area contributed by atoms with Gasteiger partial charge in [0.1, 0.15) is 5.82 Å². The number of nitrogens with zero attached hydrogens (tertiary/aromatic N) is 2. The first-order valence-corrected chi connectivity index (χ1v) is 9.04. The average molecular weight is 380 g/mol. The minimum absolute atomic E-state index is 0.274. The predicted octanol–water partition coefficient (Wildman–Crippen LogP) is 4.82. The fourth-order valence-electron chi connectivity index (χ4n) is 3.13. The Kier molecular flexibility index (Phi) is 4.69. The molecule has 0 bridgehead atoms. The number of para-hydroxylation sites is 2. The van der Waals surface area contributed by atoms with E-state index in [1.54, 1.807) is 12.1 Å². The normalized spacial score (nSPS) is 12.2. The van der Waals surface area contributed by atoms with Crippen molar-refractivity contribution in [3.05, 3.63) is 89.1 Å². The molecule has 1 amide bonds. The molecule has 2 heterocycles. The maximum Gasteiger partial charge on any atom is 0.287 e. The molecule has 4 aromatic rings. The molecule has 4 rings (SSSR count). The van der Waals surface area contributed by atoms with E-state index in [0.29, 0.717) is 11.6 Å². The molecule has 0 saturated carbocycles. The van der Waals surface area contributed by atoms with E-state index >= 15 is 0 Å². The van der Waals surface area contributed by atoms with Gasteiger partial charge in [-0.1, -0.05) is 41.9 Å². The van der Waals surface area contributed by atoms with Gasteiger partial charge in [-0.05, 0) is 42.8 Å². The van der Waals surface area contributed by atoms with Crippen molar-refractivity contribution in [2.24, 2.45) is 0 Å². The number of carbonyl (C=O) groups excluding carboxylic acids is 1. The van der Waals surface area contributed by atoms with Crippen molar-refractivity contribution in [2.45, 2.75) is 19.5 Å². The quantitative estimate of drug-likeness (QED) is 0.540. The van der Waals surface area contributed by atoms with Crippen LogP contribution < -0.4 is 5.32 Å². The number of furan rings is 1. The first kappa shape index (κ1) is 17.4. The van der Waals surface area contributed by atoms with Crippen molar-refractivity contribution in [3.8, 4) is 0 Å². The van der Waals surface area contributed by atoms with E-state index in [9.17, 15) is 4.79 Å². The van der Waals surface area contributed by atoms with E-state index in [0.717, 1.165) is 22.4 Å². The molecule has 0 saturated heterocycles. The summed E-state index contributed by atoms with van der Waals surface area (Å²) in [5, 5.41) is 3.65. The van der Waals surface area contributed by atoms with Gasteiger partial charge in [0.15, 0.2) is 5.76 Å². The number of benzene rings is 2. The molecule has 2 aromatic heterocycles. The van der Waals surface area contributed by atoms with Crippen LogP contribution >= 0.6 is 11.6 Å². The van der Waals surface area contributed by atoms with Gasteiger partial charge in [-0.2, -0.15) is 0 Å². The molecule has 0 aliphatic carbocycles. The number of nitrogens with one attached hydrogen (secondary N) is 1. The standard InChI is InChI=1S/C21H18ClN3O2/c1-14(23-21(26)19-11-6-12-27-19)20-24-17-9-4-5-10-18(17)25(20)13-15-7-2-3-8-16(15)22/h2-12,14H,13H2,1H3,(H,23,26). The fourth-order valence-corrected chi connectivity index (χ4v) is 3.32. The van der Waals surface area contributed by atoms with Crippen LogP contribution in [0.2, 0.25) is 5.02 Å². The largest absolute Gasteiger partial charge is 0.459 e. The van der Waals surface area contributed by atoms with Crippen LogP contribution in [0.1, 0.15) is 34.9 Å². The van der Waals surface area contributed by atoms with E-state index < -0.39 is 0 Å². The van der Waals surface area contributed by atoms with Crippen LogP contribution in [0, 0.1) is 0 Å². The Hall–Kier alpha value is -3.05. The first-order valence-electron chi connectivity index (χ1n) is 8.66. The molecule has 0 radical (unpaired) electrons. The lowest BCUT2D eigenvalue weighted by atomic mass is 10.2. The van der Waals surface area contributed by atoms with Crippen molar-refractivity contribution < 1.29 is 9.21 Å². The molecular formula is C21H18ClN3O2. The number of amides is 1. The molecule has 0 spiro atoms. The second kappa shape index (κ2) is 7.29. The van der Waals surface area contributed by atoms with E-state index in [2.05, 4.69) is 9.88 Å². The lowest BCUT2D eigenvalue weighted by molar-refractivity contribution is 0.0909. The molecule has 1 N–H and O–H groups in total. The number of hydrogen-bond donors (Lipinski definition) is 1. The SMILES string of the molecule is CC(NC(=O)c1ccco1)c1nc2ccccc2n1Cc1ccccc1Cl. The van der Waals surface area contributed by atoms with Gasteiger partial charge in [-0.3, -0.25) is 4.79 Å².